The number of aliphatic carboxylic acids is 4. The first kappa shape index (κ1) is 34.6. The minimum Gasteiger partial charge on any atom is -0.478 e. The Hall–Kier alpha value is -3.72. The van der Waals surface area contributed by atoms with Gasteiger partial charge in [-0.15, -0.1) is 0 Å². The van der Waals surface area contributed by atoms with Gasteiger partial charge in [0.05, 0.1) is 6.61 Å². The molecule has 0 rings (SSSR count). The van der Waals surface area contributed by atoms with Crippen LogP contribution >= 0.6 is 0 Å². The summed E-state index contributed by atoms with van der Waals surface area (Å²) in [6.07, 6.45) is 10.6. The Morgan fingerprint density at radius 2 is 0.889 bits per heavy atom. The fourth-order valence-corrected chi connectivity index (χ4v) is 0.251. The second-order valence-electron chi connectivity index (χ2n) is 3.31. The molecule has 0 aliphatic heterocycles. The third-order valence-corrected chi connectivity index (χ3v) is 1.24. The lowest BCUT2D eigenvalue weighted by Gasteiger charge is -1.70. The average molecular weight is 386 g/mol. The second kappa shape index (κ2) is 33.8. The van der Waals surface area contributed by atoms with E-state index in [-0.39, 0.29) is 6.61 Å². The van der Waals surface area contributed by atoms with E-state index in [1.807, 2.05) is 19.1 Å². The molecule has 0 heterocycles. The Bertz CT molecular complexity index is 443. The lowest BCUT2D eigenvalue weighted by Crippen LogP contribution is -1.82. The van der Waals surface area contributed by atoms with Gasteiger partial charge in [0.2, 0.25) is 0 Å². The van der Waals surface area contributed by atoms with Crippen molar-refractivity contribution in [2.45, 2.75) is 6.92 Å². The molecule has 0 saturated carbocycles. The number of hydrogen-bond acceptors (Lipinski definition) is 5. The fraction of sp³-hybridized carbons (Fsp3) is 0.111. The Morgan fingerprint density at radius 3 is 1.00 bits per heavy atom. The molecule has 0 fully saturated rings. The molecule has 5 N–H and O–H groups in total. The van der Waals surface area contributed by atoms with Gasteiger partial charge in [0.15, 0.2) is 0 Å². The normalized spacial score (nSPS) is 7.78. The standard InChI is InChI=1S/C6H10O.4C3H4O2/c1-2-3-4-5-6-7;4*1-2-3(4)5/h2-5,7H,6H2,1H3;4*2H,1H2,(H,4,5)/b3-2+,5-4+;;;;. The minimum absolute atomic E-state index is 0.129. The van der Waals surface area contributed by atoms with Crippen molar-refractivity contribution in [3.05, 3.63) is 74.9 Å². The van der Waals surface area contributed by atoms with Gasteiger partial charge in [-0.1, -0.05) is 50.6 Å². The third-order valence-electron chi connectivity index (χ3n) is 1.24. The zero-order chi connectivity index (χ0) is 22.7. The first-order chi connectivity index (χ1) is 12.5. The van der Waals surface area contributed by atoms with E-state index in [4.69, 9.17) is 25.5 Å². The molecule has 0 amide bonds. The number of aliphatic hydroxyl groups excluding tert-OH is 1. The zero-order valence-corrected chi connectivity index (χ0v) is 15.0. The van der Waals surface area contributed by atoms with Gasteiger partial charge in [0.1, 0.15) is 0 Å². The van der Waals surface area contributed by atoms with Gasteiger partial charge in [-0.25, -0.2) is 19.2 Å². The zero-order valence-electron chi connectivity index (χ0n) is 15.0. The van der Waals surface area contributed by atoms with Crippen LogP contribution in [0.4, 0.5) is 0 Å². The molecule has 152 valence electrons. The molecule has 0 radical (unpaired) electrons. The molecule has 9 nitrogen and oxygen atoms in total. The predicted molar refractivity (Wildman–Crippen MR) is 102 cm³/mol. The van der Waals surface area contributed by atoms with Crippen molar-refractivity contribution < 1.29 is 44.7 Å². The van der Waals surface area contributed by atoms with Gasteiger partial charge >= 0.3 is 23.9 Å². The van der Waals surface area contributed by atoms with E-state index in [9.17, 15) is 19.2 Å². The summed E-state index contributed by atoms with van der Waals surface area (Å²) in [4.78, 5) is 37.0. The molecular formula is C18H26O9. The summed E-state index contributed by atoms with van der Waals surface area (Å²) in [7, 11) is 0. The van der Waals surface area contributed by atoms with E-state index in [0.717, 1.165) is 24.3 Å². The fourth-order valence-electron chi connectivity index (χ4n) is 0.251. The summed E-state index contributed by atoms with van der Waals surface area (Å²) < 4.78 is 0. The van der Waals surface area contributed by atoms with Crippen LogP contribution in [-0.4, -0.2) is 56.0 Å². The number of hydrogen-bond donors (Lipinski definition) is 5. The van der Waals surface area contributed by atoms with E-state index < -0.39 is 23.9 Å². The molecule has 0 aliphatic carbocycles. The highest BCUT2D eigenvalue weighted by atomic mass is 16.4. The summed E-state index contributed by atoms with van der Waals surface area (Å²) >= 11 is 0. The molecule has 0 aromatic carbocycles. The SMILES string of the molecule is C/C=C/C=C/CO.C=CC(=O)O.C=CC(=O)O.C=CC(=O)O.C=CC(=O)O. The van der Waals surface area contributed by atoms with Crippen LogP contribution in [0.1, 0.15) is 6.92 Å². The van der Waals surface area contributed by atoms with Crippen LogP contribution in [0, 0.1) is 0 Å². The topological polar surface area (TPSA) is 169 Å². The lowest BCUT2D eigenvalue weighted by molar-refractivity contribution is -0.132. The summed E-state index contributed by atoms with van der Waals surface area (Å²) in [5.74, 6) is -3.93. The maximum absolute atomic E-state index is 9.25. The van der Waals surface area contributed by atoms with Gasteiger partial charge in [-0.3, -0.25) is 0 Å². The molecule has 0 bridgehead atoms. The largest absolute Gasteiger partial charge is 0.478 e. The summed E-state index contributed by atoms with van der Waals surface area (Å²) in [6, 6.07) is 0. The van der Waals surface area contributed by atoms with Gasteiger partial charge in [-0.05, 0) is 6.92 Å². The number of allylic oxidation sites excluding steroid dienone is 3. The average Bonchev–Trinajstić information content (AvgIpc) is 2.63. The molecule has 0 spiro atoms. The molecule has 0 aromatic heterocycles. The first-order valence-corrected chi connectivity index (χ1v) is 6.80. The number of rotatable bonds is 6. The van der Waals surface area contributed by atoms with Gasteiger partial charge in [0.25, 0.3) is 0 Å². The molecule has 0 aromatic rings. The summed E-state index contributed by atoms with van der Waals surface area (Å²) in [6.45, 7) is 13.9. The van der Waals surface area contributed by atoms with Crippen molar-refractivity contribution in [3.63, 3.8) is 0 Å². The Labute approximate surface area is 157 Å². The minimum atomic E-state index is -0.981. The molecular weight excluding hydrogens is 360 g/mol. The van der Waals surface area contributed by atoms with Gasteiger partial charge in [-0.2, -0.15) is 0 Å². The highest BCUT2D eigenvalue weighted by molar-refractivity contribution is 5.79. The number of carbonyl (C=O) groups is 4. The van der Waals surface area contributed by atoms with Crippen molar-refractivity contribution in [1.82, 2.24) is 0 Å². The van der Waals surface area contributed by atoms with Crippen LogP contribution in [0.3, 0.4) is 0 Å². The molecule has 0 saturated heterocycles. The third kappa shape index (κ3) is 134. The van der Waals surface area contributed by atoms with E-state index in [2.05, 4.69) is 26.3 Å². The van der Waals surface area contributed by atoms with Crippen molar-refractivity contribution in [3.8, 4) is 0 Å². The maximum Gasteiger partial charge on any atom is 0.327 e. The summed E-state index contributed by atoms with van der Waals surface area (Å²) in [5, 5.41) is 38.6. The number of carboxylic acids is 4. The summed E-state index contributed by atoms with van der Waals surface area (Å²) in [5.41, 5.74) is 0. The van der Waals surface area contributed by atoms with Crippen LogP contribution in [0.15, 0.2) is 74.9 Å². The second-order valence-corrected chi connectivity index (χ2v) is 3.31. The van der Waals surface area contributed by atoms with Gasteiger partial charge < -0.3 is 25.5 Å². The number of aliphatic hydroxyl groups is 1. The van der Waals surface area contributed by atoms with E-state index in [1.54, 1.807) is 12.2 Å². The maximum atomic E-state index is 9.25. The highest BCUT2D eigenvalue weighted by Gasteiger charge is 1.74. The van der Waals surface area contributed by atoms with E-state index >= 15 is 0 Å². The van der Waals surface area contributed by atoms with E-state index in [0.29, 0.717) is 0 Å². The van der Waals surface area contributed by atoms with E-state index in [1.165, 1.54) is 0 Å². The molecule has 0 unspecified atom stereocenters. The lowest BCUT2D eigenvalue weighted by atomic mass is 10.4. The quantitative estimate of drug-likeness (QED) is 0.339. The van der Waals surface area contributed by atoms with Gasteiger partial charge in [0, 0.05) is 24.3 Å². The molecule has 0 atom stereocenters. The first-order valence-electron chi connectivity index (χ1n) is 6.80. The molecule has 27 heavy (non-hydrogen) atoms. The highest BCUT2D eigenvalue weighted by Crippen LogP contribution is 1.72. The predicted octanol–water partition coefficient (Wildman–Crippen LogP) is 2.14. The Morgan fingerprint density at radius 1 is 0.667 bits per heavy atom. The van der Waals surface area contributed by atoms with Crippen LogP contribution in [0.2, 0.25) is 0 Å². The van der Waals surface area contributed by atoms with Crippen LogP contribution in [-0.2, 0) is 19.2 Å². The van der Waals surface area contributed by atoms with Crippen LogP contribution < -0.4 is 0 Å². The smallest absolute Gasteiger partial charge is 0.327 e. The van der Waals surface area contributed by atoms with Crippen LogP contribution in [0.5, 0.6) is 0 Å². The molecule has 0 aliphatic rings. The van der Waals surface area contributed by atoms with Crippen LogP contribution in [0.25, 0.3) is 0 Å². The van der Waals surface area contributed by atoms with Crippen molar-refractivity contribution in [2.75, 3.05) is 6.61 Å². The number of carboxylic acid groups (broad SMARTS) is 4. The van der Waals surface area contributed by atoms with Crippen molar-refractivity contribution in [1.29, 1.82) is 0 Å². The Balaban J connectivity index is -0.0000000753. The monoisotopic (exact) mass is 386 g/mol. The molecule has 9 heteroatoms. The van der Waals surface area contributed by atoms with Crippen molar-refractivity contribution in [2.24, 2.45) is 0 Å². The van der Waals surface area contributed by atoms with Crippen molar-refractivity contribution >= 4 is 23.9 Å². The Kier molecular flexibility index (Phi) is 43.3.